The van der Waals surface area contributed by atoms with Crippen LogP contribution in [-0.2, 0) is 4.74 Å². The molecule has 1 aliphatic rings. The monoisotopic (exact) mass is 364 g/mol. The van der Waals surface area contributed by atoms with Crippen molar-refractivity contribution in [3.63, 3.8) is 0 Å². The third-order valence-corrected chi connectivity index (χ3v) is 4.53. The van der Waals surface area contributed by atoms with Gasteiger partial charge in [0.2, 0.25) is 0 Å². The highest BCUT2D eigenvalue weighted by atomic mass is 127. The van der Waals surface area contributed by atoms with Crippen molar-refractivity contribution in [2.24, 2.45) is 0 Å². The molecule has 0 unspecified atom stereocenters. The van der Waals surface area contributed by atoms with Gasteiger partial charge in [0.25, 0.3) is 0 Å². The summed E-state index contributed by atoms with van der Waals surface area (Å²) in [5.41, 5.74) is 1.74. The summed E-state index contributed by atoms with van der Waals surface area (Å²) < 4.78 is 5.82. The van der Waals surface area contributed by atoms with E-state index in [1.807, 2.05) is 12.1 Å². The zero-order chi connectivity index (χ0) is 12.4. The predicted octanol–water partition coefficient (Wildman–Crippen LogP) is 4.39. The highest BCUT2D eigenvalue weighted by molar-refractivity contribution is 14.1. The molecule has 2 rings (SSSR count). The van der Waals surface area contributed by atoms with Gasteiger partial charge < -0.3 is 4.74 Å². The number of methoxy groups -OCH3 is 1. The summed E-state index contributed by atoms with van der Waals surface area (Å²) in [6, 6.07) is 3.77. The molecule has 0 spiro atoms. The van der Waals surface area contributed by atoms with Crippen molar-refractivity contribution in [1.29, 1.82) is 0 Å². The van der Waals surface area contributed by atoms with Gasteiger partial charge in [-0.05, 0) is 59.0 Å². The average molecular weight is 365 g/mol. The van der Waals surface area contributed by atoms with E-state index in [-0.39, 0.29) is 5.97 Å². The van der Waals surface area contributed by atoms with E-state index >= 15 is 0 Å². The molecule has 0 heterocycles. The second kappa shape index (κ2) is 5.57. The van der Waals surface area contributed by atoms with E-state index < -0.39 is 0 Å². The molecular weight excluding hydrogens is 350 g/mol. The number of halogens is 2. The second-order valence-corrected chi connectivity index (χ2v) is 5.90. The first kappa shape index (κ1) is 13.1. The third-order valence-electron chi connectivity index (χ3n) is 3.29. The first-order valence-electron chi connectivity index (χ1n) is 5.70. The highest BCUT2D eigenvalue weighted by Crippen LogP contribution is 2.38. The molecule has 1 saturated carbocycles. The number of rotatable bonds is 2. The van der Waals surface area contributed by atoms with Crippen LogP contribution in [0.4, 0.5) is 0 Å². The Hall–Kier alpha value is -0.290. The molecule has 1 aromatic rings. The summed E-state index contributed by atoms with van der Waals surface area (Å²) in [7, 11) is 1.37. The van der Waals surface area contributed by atoms with Crippen molar-refractivity contribution in [2.45, 2.75) is 31.6 Å². The molecule has 92 valence electrons. The molecule has 0 saturated heterocycles. The standard InChI is InChI=1S/C13H14ClIO2/c1-17-13(16)10-7-12(15)9(6-11(10)14)8-4-2-3-5-8/h6-8H,2-5H2,1H3. The quantitative estimate of drug-likeness (QED) is 0.575. The van der Waals surface area contributed by atoms with Gasteiger partial charge in [0.05, 0.1) is 17.7 Å². The van der Waals surface area contributed by atoms with E-state index in [9.17, 15) is 4.79 Å². The van der Waals surface area contributed by atoms with Crippen LogP contribution in [0.3, 0.4) is 0 Å². The van der Waals surface area contributed by atoms with Crippen LogP contribution in [-0.4, -0.2) is 13.1 Å². The van der Waals surface area contributed by atoms with Gasteiger partial charge in [-0.2, -0.15) is 0 Å². The molecule has 1 aromatic carbocycles. The van der Waals surface area contributed by atoms with Gasteiger partial charge in [0.15, 0.2) is 0 Å². The maximum Gasteiger partial charge on any atom is 0.339 e. The van der Waals surface area contributed by atoms with Crippen molar-refractivity contribution in [3.8, 4) is 0 Å². The molecule has 0 aromatic heterocycles. The van der Waals surface area contributed by atoms with E-state index in [2.05, 4.69) is 22.6 Å². The van der Waals surface area contributed by atoms with Crippen LogP contribution in [0.25, 0.3) is 0 Å². The lowest BCUT2D eigenvalue weighted by Gasteiger charge is -2.14. The van der Waals surface area contributed by atoms with Crippen LogP contribution < -0.4 is 0 Å². The molecule has 2 nitrogen and oxygen atoms in total. The lowest BCUT2D eigenvalue weighted by atomic mass is 9.96. The second-order valence-electron chi connectivity index (χ2n) is 4.33. The van der Waals surface area contributed by atoms with Crippen molar-refractivity contribution in [3.05, 3.63) is 31.9 Å². The fourth-order valence-electron chi connectivity index (χ4n) is 2.38. The molecule has 17 heavy (non-hydrogen) atoms. The number of carbonyl (C=O) groups excluding carboxylic acids is 1. The van der Waals surface area contributed by atoms with Crippen molar-refractivity contribution < 1.29 is 9.53 Å². The van der Waals surface area contributed by atoms with Crippen molar-refractivity contribution in [2.75, 3.05) is 7.11 Å². The summed E-state index contributed by atoms with van der Waals surface area (Å²) in [5, 5.41) is 0.499. The zero-order valence-corrected chi connectivity index (χ0v) is 12.5. The smallest absolute Gasteiger partial charge is 0.339 e. The molecule has 0 bridgehead atoms. The normalized spacial score (nSPS) is 16.2. The first-order valence-corrected chi connectivity index (χ1v) is 7.16. The van der Waals surface area contributed by atoms with Crippen molar-refractivity contribution >= 4 is 40.2 Å². The fraction of sp³-hybridized carbons (Fsp3) is 0.462. The molecule has 1 fully saturated rings. The van der Waals surface area contributed by atoms with E-state index in [4.69, 9.17) is 16.3 Å². The van der Waals surface area contributed by atoms with E-state index in [0.29, 0.717) is 16.5 Å². The van der Waals surface area contributed by atoms with Gasteiger partial charge >= 0.3 is 5.97 Å². The molecule has 4 heteroatoms. The minimum absolute atomic E-state index is 0.370. The molecule has 0 amide bonds. The number of hydrogen-bond donors (Lipinski definition) is 0. The SMILES string of the molecule is COC(=O)c1cc(I)c(C2CCCC2)cc1Cl. The zero-order valence-electron chi connectivity index (χ0n) is 9.63. The number of ether oxygens (including phenoxy) is 1. The number of benzene rings is 1. The number of esters is 1. The summed E-state index contributed by atoms with van der Waals surface area (Å²) in [4.78, 5) is 11.5. The van der Waals surface area contributed by atoms with Crippen LogP contribution in [0.1, 0.15) is 47.5 Å². The van der Waals surface area contributed by atoms with Crippen molar-refractivity contribution in [1.82, 2.24) is 0 Å². The van der Waals surface area contributed by atoms with Gasteiger partial charge in [-0.25, -0.2) is 4.79 Å². The summed E-state index contributed by atoms with van der Waals surface area (Å²) in [6.45, 7) is 0. The Labute approximate surface area is 120 Å². The van der Waals surface area contributed by atoms with Crippen LogP contribution in [0, 0.1) is 3.57 Å². The first-order chi connectivity index (χ1) is 8.13. The number of carbonyl (C=O) groups is 1. The topological polar surface area (TPSA) is 26.3 Å². The predicted molar refractivity (Wildman–Crippen MR) is 76.7 cm³/mol. The van der Waals surface area contributed by atoms with E-state index in [1.54, 1.807) is 0 Å². The van der Waals surface area contributed by atoms with E-state index in [0.717, 1.165) is 3.57 Å². The lowest BCUT2D eigenvalue weighted by molar-refractivity contribution is 0.0601. The van der Waals surface area contributed by atoms with Gasteiger partial charge in [0, 0.05) is 3.57 Å². The largest absolute Gasteiger partial charge is 0.465 e. The molecule has 0 aliphatic heterocycles. The minimum Gasteiger partial charge on any atom is -0.465 e. The minimum atomic E-state index is -0.370. The van der Waals surface area contributed by atoms with E-state index in [1.165, 1.54) is 38.4 Å². The molecule has 1 aliphatic carbocycles. The summed E-state index contributed by atoms with van der Waals surface area (Å²) in [5.74, 6) is 0.233. The van der Waals surface area contributed by atoms with Gasteiger partial charge in [-0.1, -0.05) is 24.4 Å². The van der Waals surface area contributed by atoms with Crippen LogP contribution in [0.5, 0.6) is 0 Å². The Morgan fingerprint density at radius 2 is 2.06 bits per heavy atom. The van der Waals surface area contributed by atoms with Gasteiger partial charge in [0.1, 0.15) is 0 Å². The maximum atomic E-state index is 11.5. The third kappa shape index (κ3) is 2.76. The van der Waals surface area contributed by atoms with Gasteiger partial charge in [-0.3, -0.25) is 0 Å². The maximum absolute atomic E-state index is 11.5. The van der Waals surface area contributed by atoms with Crippen LogP contribution >= 0.6 is 34.2 Å². The Morgan fingerprint density at radius 3 is 2.65 bits per heavy atom. The molecule has 0 N–H and O–H groups in total. The lowest BCUT2D eigenvalue weighted by Crippen LogP contribution is -2.05. The summed E-state index contributed by atoms with van der Waals surface area (Å²) >= 11 is 8.42. The molecule has 0 radical (unpaired) electrons. The Balaban J connectivity index is 2.37. The Morgan fingerprint density at radius 1 is 1.41 bits per heavy atom. The highest BCUT2D eigenvalue weighted by Gasteiger charge is 2.22. The summed E-state index contributed by atoms with van der Waals surface area (Å²) in [6.07, 6.45) is 5.03. The molecular formula is C13H14ClIO2. The Kier molecular flexibility index (Phi) is 4.31. The molecule has 0 atom stereocenters. The average Bonchev–Trinajstić information content (AvgIpc) is 2.84. The Bertz CT molecular complexity index is 439. The van der Waals surface area contributed by atoms with Gasteiger partial charge in [-0.15, -0.1) is 0 Å². The fourth-order valence-corrected chi connectivity index (χ4v) is 3.54. The van der Waals surface area contributed by atoms with Crippen LogP contribution in [0.15, 0.2) is 12.1 Å². The number of hydrogen-bond acceptors (Lipinski definition) is 2. The van der Waals surface area contributed by atoms with Crippen LogP contribution in [0.2, 0.25) is 5.02 Å².